The van der Waals surface area contributed by atoms with Crippen molar-refractivity contribution in [1.82, 2.24) is 0 Å². The third-order valence-electron chi connectivity index (χ3n) is 1.29. The summed E-state index contributed by atoms with van der Waals surface area (Å²) in [4.78, 5) is 0. The Kier molecular flexibility index (Phi) is 2.83. The highest BCUT2D eigenvalue weighted by Gasteiger charge is 1.85. The van der Waals surface area contributed by atoms with Gasteiger partial charge in [0.1, 0.15) is 6.23 Å². The summed E-state index contributed by atoms with van der Waals surface area (Å²) in [5, 5.41) is 8.70. The van der Waals surface area contributed by atoms with Crippen LogP contribution < -0.4 is 5.73 Å². The van der Waals surface area contributed by atoms with E-state index in [1.54, 1.807) is 6.08 Å². The SMILES string of the molecule is N[C@H](O)/C=C/c1ccccc1. The van der Waals surface area contributed by atoms with Crippen LogP contribution >= 0.6 is 0 Å². The van der Waals surface area contributed by atoms with Crippen molar-refractivity contribution in [3.05, 3.63) is 42.0 Å². The predicted molar refractivity (Wildman–Crippen MR) is 45.7 cm³/mol. The molecule has 0 fully saturated rings. The van der Waals surface area contributed by atoms with E-state index >= 15 is 0 Å². The molecular formula is C9H11NO. The number of hydrogen-bond donors (Lipinski definition) is 2. The molecule has 0 unspecified atom stereocenters. The van der Waals surface area contributed by atoms with Gasteiger partial charge in [0.05, 0.1) is 0 Å². The van der Waals surface area contributed by atoms with E-state index in [0.29, 0.717) is 0 Å². The lowest BCUT2D eigenvalue weighted by molar-refractivity contribution is 0.232. The number of rotatable bonds is 2. The van der Waals surface area contributed by atoms with Gasteiger partial charge in [-0.15, -0.1) is 0 Å². The normalized spacial score (nSPS) is 13.6. The number of aliphatic hydroxyl groups is 1. The van der Waals surface area contributed by atoms with Gasteiger partial charge in [-0.3, -0.25) is 0 Å². The van der Waals surface area contributed by atoms with E-state index in [2.05, 4.69) is 0 Å². The first-order valence-electron chi connectivity index (χ1n) is 3.46. The van der Waals surface area contributed by atoms with Crippen LogP contribution in [0.1, 0.15) is 5.56 Å². The summed E-state index contributed by atoms with van der Waals surface area (Å²) in [7, 11) is 0. The van der Waals surface area contributed by atoms with Crippen LogP contribution in [0.4, 0.5) is 0 Å². The van der Waals surface area contributed by atoms with Gasteiger partial charge < -0.3 is 10.8 Å². The first-order chi connectivity index (χ1) is 5.29. The quantitative estimate of drug-likeness (QED) is 0.615. The van der Waals surface area contributed by atoms with Crippen LogP contribution in [0, 0.1) is 0 Å². The van der Waals surface area contributed by atoms with E-state index in [0.717, 1.165) is 5.56 Å². The number of aliphatic hydroxyl groups excluding tert-OH is 1. The molecule has 1 atom stereocenters. The van der Waals surface area contributed by atoms with E-state index in [4.69, 9.17) is 10.8 Å². The minimum atomic E-state index is -0.866. The summed E-state index contributed by atoms with van der Waals surface area (Å²) in [5.41, 5.74) is 6.15. The Morgan fingerprint density at radius 3 is 2.45 bits per heavy atom. The lowest BCUT2D eigenvalue weighted by atomic mass is 10.2. The fourth-order valence-electron chi connectivity index (χ4n) is 0.774. The van der Waals surface area contributed by atoms with Crippen LogP contribution in [0.25, 0.3) is 6.08 Å². The first-order valence-corrected chi connectivity index (χ1v) is 3.46. The lowest BCUT2D eigenvalue weighted by Gasteiger charge is -1.94. The van der Waals surface area contributed by atoms with Crippen LogP contribution in [-0.4, -0.2) is 11.3 Å². The highest BCUT2D eigenvalue weighted by Crippen LogP contribution is 2.00. The van der Waals surface area contributed by atoms with Crippen LogP contribution in [0.2, 0.25) is 0 Å². The molecule has 2 nitrogen and oxygen atoms in total. The van der Waals surface area contributed by atoms with Crippen molar-refractivity contribution in [2.45, 2.75) is 6.23 Å². The second-order valence-corrected chi connectivity index (χ2v) is 2.26. The topological polar surface area (TPSA) is 46.2 Å². The molecule has 0 radical (unpaired) electrons. The van der Waals surface area contributed by atoms with Gasteiger partial charge in [0.2, 0.25) is 0 Å². The minimum absolute atomic E-state index is 0.866. The molecule has 0 saturated heterocycles. The highest BCUT2D eigenvalue weighted by molar-refractivity contribution is 5.48. The largest absolute Gasteiger partial charge is 0.375 e. The Morgan fingerprint density at radius 2 is 1.91 bits per heavy atom. The second-order valence-electron chi connectivity index (χ2n) is 2.26. The standard InChI is InChI=1S/C9H11NO/c10-9(11)7-6-8-4-2-1-3-5-8/h1-7,9,11H,10H2/b7-6+/t9-/m1/s1. The van der Waals surface area contributed by atoms with Gasteiger partial charge in [0, 0.05) is 0 Å². The zero-order chi connectivity index (χ0) is 8.10. The van der Waals surface area contributed by atoms with Gasteiger partial charge >= 0.3 is 0 Å². The highest BCUT2D eigenvalue weighted by atomic mass is 16.3. The number of benzene rings is 1. The Hall–Kier alpha value is -1.12. The molecular weight excluding hydrogens is 138 g/mol. The molecule has 0 amide bonds. The Balaban J connectivity index is 2.65. The maximum atomic E-state index is 8.70. The predicted octanol–water partition coefficient (Wildman–Crippen LogP) is 0.977. The van der Waals surface area contributed by atoms with Crippen molar-refractivity contribution >= 4 is 6.08 Å². The summed E-state index contributed by atoms with van der Waals surface area (Å²) in [5.74, 6) is 0. The molecule has 0 aliphatic carbocycles. The fourth-order valence-corrected chi connectivity index (χ4v) is 0.774. The fraction of sp³-hybridized carbons (Fsp3) is 0.111. The van der Waals surface area contributed by atoms with Crippen molar-refractivity contribution in [2.24, 2.45) is 5.73 Å². The molecule has 1 aromatic rings. The first kappa shape index (κ1) is 7.98. The third-order valence-corrected chi connectivity index (χ3v) is 1.29. The summed E-state index contributed by atoms with van der Waals surface area (Å²) in [6.07, 6.45) is 2.45. The molecule has 1 rings (SSSR count). The number of hydrogen-bond acceptors (Lipinski definition) is 2. The summed E-state index contributed by atoms with van der Waals surface area (Å²) in [6, 6.07) is 9.69. The van der Waals surface area contributed by atoms with Gasteiger partial charge in [-0.25, -0.2) is 0 Å². The molecule has 0 spiro atoms. The maximum absolute atomic E-state index is 8.70. The molecule has 2 heteroatoms. The van der Waals surface area contributed by atoms with Crippen LogP contribution in [0.15, 0.2) is 36.4 Å². The third kappa shape index (κ3) is 2.98. The molecule has 1 aromatic carbocycles. The van der Waals surface area contributed by atoms with E-state index in [1.165, 1.54) is 6.08 Å². The maximum Gasteiger partial charge on any atom is 0.121 e. The molecule has 0 heterocycles. The van der Waals surface area contributed by atoms with Crippen molar-refractivity contribution in [2.75, 3.05) is 0 Å². The monoisotopic (exact) mass is 149 g/mol. The Labute approximate surface area is 66.0 Å². The Morgan fingerprint density at radius 1 is 1.27 bits per heavy atom. The van der Waals surface area contributed by atoms with Crippen LogP contribution in [0.3, 0.4) is 0 Å². The molecule has 3 N–H and O–H groups in total. The summed E-state index contributed by atoms with van der Waals surface area (Å²) in [6.45, 7) is 0. The van der Waals surface area contributed by atoms with Gasteiger partial charge in [-0.1, -0.05) is 36.4 Å². The molecule has 0 aliphatic rings. The zero-order valence-corrected chi connectivity index (χ0v) is 6.14. The molecule has 0 bridgehead atoms. The molecule has 0 aromatic heterocycles. The van der Waals surface area contributed by atoms with Gasteiger partial charge in [0.25, 0.3) is 0 Å². The molecule has 0 aliphatic heterocycles. The van der Waals surface area contributed by atoms with E-state index in [-0.39, 0.29) is 0 Å². The smallest absolute Gasteiger partial charge is 0.121 e. The van der Waals surface area contributed by atoms with Gasteiger partial charge in [-0.2, -0.15) is 0 Å². The summed E-state index contributed by atoms with van der Waals surface area (Å²) >= 11 is 0. The van der Waals surface area contributed by atoms with Crippen molar-refractivity contribution in [3.63, 3.8) is 0 Å². The second kappa shape index (κ2) is 3.91. The zero-order valence-electron chi connectivity index (χ0n) is 6.14. The molecule has 58 valence electrons. The van der Waals surface area contributed by atoms with Crippen molar-refractivity contribution < 1.29 is 5.11 Å². The summed E-state index contributed by atoms with van der Waals surface area (Å²) < 4.78 is 0. The molecule has 11 heavy (non-hydrogen) atoms. The van der Waals surface area contributed by atoms with E-state index in [9.17, 15) is 0 Å². The average Bonchev–Trinajstić information content (AvgIpc) is 2.03. The number of nitrogens with two attached hydrogens (primary N) is 1. The van der Waals surface area contributed by atoms with E-state index in [1.807, 2.05) is 30.3 Å². The molecule has 0 saturated carbocycles. The average molecular weight is 149 g/mol. The van der Waals surface area contributed by atoms with Crippen molar-refractivity contribution in [1.29, 1.82) is 0 Å². The Bertz CT molecular complexity index is 229. The van der Waals surface area contributed by atoms with Crippen LogP contribution in [0.5, 0.6) is 0 Å². The van der Waals surface area contributed by atoms with Gasteiger partial charge in [-0.05, 0) is 11.6 Å². The minimum Gasteiger partial charge on any atom is -0.375 e. The van der Waals surface area contributed by atoms with Crippen LogP contribution in [-0.2, 0) is 0 Å². The van der Waals surface area contributed by atoms with Crippen molar-refractivity contribution in [3.8, 4) is 0 Å². The van der Waals surface area contributed by atoms with Gasteiger partial charge in [0.15, 0.2) is 0 Å². The van der Waals surface area contributed by atoms with E-state index < -0.39 is 6.23 Å². The lowest BCUT2D eigenvalue weighted by Crippen LogP contribution is -2.14.